The third-order valence-electron chi connectivity index (χ3n) is 5.63. The van der Waals surface area contributed by atoms with Crippen LogP contribution in [-0.2, 0) is 24.1 Å². The Hall–Kier alpha value is -2.46. The molecule has 4 nitrogen and oxygen atoms in total. The highest BCUT2D eigenvalue weighted by Gasteiger charge is 2.26. The predicted molar refractivity (Wildman–Crippen MR) is 106 cm³/mol. The predicted octanol–water partition coefficient (Wildman–Crippen LogP) is 4.49. The number of aromatic amines is 1. The van der Waals surface area contributed by atoms with Crippen molar-refractivity contribution in [1.29, 1.82) is 0 Å². The summed E-state index contributed by atoms with van der Waals surface area (Å²) >= 11 is 6.18. The normalized spacial score (nSPS) is 18.0. The van der Waals surface area contributed by atoms with E-state index < -0.39 is 0 Å². The molecule has 5 heteroatoms. The van der Waals surface area contributed by atoms with Gasteiger partial charge in [0, 0.05) is 28.0 Å². The molecule has 2 aliphatic rings. The van der Waals surface area contributed by atoms with Gasteiger partial charge in [-0.05, 0) is 60.2 Å². The van der Waals surface area contributed by atoms with Crippen molar-refractivity contribution in [1.82, 2.24) is 10.3 Å². The van der Waals surface area contributed by atoms with Gasteiger partial charge in [0.15, 0.2) is 0 Å². The number of benzene rings is 2. The topological polar surface area (TPSA) is 54.1 Å². The van der Waals surface area contributed by atoms with Crippen LogP contribution < -0.4 is 10.1 Å². The highest BCUT2D eigenvalue weighted by atomic mass is 35.5. The number of hydrogen-bond donors (Lipinski definition) is 2. The van der Waals surface area contributed by atoms with Gasteiger partial charge >= 0.3 is 0 Å². The zero-order valence-electron chi connectivity index (χ0n) is 15.0. The van der Waals surface area contributed by atoms with Gasteiger partial charge in [-0.2, -0.15) is 0 Å². The molecule has 2 N–H and O–H groups in total. The smallest absolute Gasteiger partial charge is 0.224 e. The number of amides is 1. The Balaban J connectivity index is 1.36. The fraction of sp³-hybridized carbons (Fsp3) is 0.318. The van der Waals surface area contributed by atoms with E-state index >= 15 is 0 Å². The molecule has 5 rings (SSSR count). The van der Waals surface area contributed by atoms with Gasteiger partial charge in [-0.25, -0.2) is 0 Å². The fourth-order valence-electron chi connectivity index (χ4n) is 4.33. The number of fused-ring (bicyclic) bond motifs is 4. The van der Waals surface area contributed by atoms with Crippen molar-refractivity contribution in [2.24, 2.45) is 0 Å². The Morgan fingerprint density at radius 1 is 1.22 bits per heavy atom. The SMILES string of the molecule is O=C(Cc1ccc2c(c1)OCC2)NC1CCCc2c1[nH]c1ccc(Cl)cc21. The molecule has 1 amide bonds. The minimum Gasteiger partial charge on any atom is -0.493 e. The van der Waals surface area contributed by atoms with Gasteiger partial charge in [0.05, 0.1) is 19.1 Å². The van der Waals surface area contributed by atoms with Crippen LogP contribution in [-0.4, -0.2) is 17.5 Å². The van der Waals surface area contributed by atoms with Crippen molar-refractivity contribution < 1.29 is 9.53 Å². The van der Waals surface area contributed by atoms with Gasteiger partial charge in [0.1, 0.15) is 5.75 Å². The third kappa shape index (κ3) is 3.08. The van der Waals surface area contributed by atoms with E-state index in [4.69, 9.17) is 16.3 Å². The molecule has 1 aromatic heterocycles. The van der Waals surface area contributed by atoms with Gasteiger partial charge in [-0.1, -0.05) is 23.7 Å². The van der Waals surface area contributed by atoms with Crippen LogP contribution in [0.4, 0.5) is 0 Å². The van der Waals surface area contributed by atoms with Crippen molar-refractivity contribution in [3.05, 3.63) is 63.8 Å². The molecule has 0 saturated carbocycles. The van der Waals surface area contributed by atoms with Gasteiger partial charge in [-0.3, -0.25) is 4.79 Å². The van der Waals surface area contributed by atoms with E-state index in [-0.39, 0.29) is 11.9 Å². The lowest BCUT2D eigenvalue weighted by molar-refractivity contribution is -0.121. The van der Waals surface area contributed by atoms with E-state index in [2.05, 4.69) is 16.4 Å². The second-order valence-corrected chi connectivity index (χ2v) is 7.87. The monoisotopic (exact) mass is 380 g/mol. The number of halogens is 1. The summed E-state index contributed by atoms with van der Waals surface area (Å²) in [5, 5.41) is 5.14. The summed E-state index contributed by atoms with van der Waals surface area (Å²) in [4.78, 5) is 16.2. The summed E-state index contributed by atoms with van der Waals surface area (Å²) in [6, 6.07) is 12.1. The number of ether oxygens (including phenoxy) is 1. The number of carbonyl (C=O) groups excluding carboxylic acids is 1. The summed E-state index contributed by atoms with van der Waals surface area (Å²) in [6.07, 6.45) is 4.35. The number of rotatable bonds is 3. The zero-order chi connectivity index (χ0) is 18.4. The van der Waals surface area contributed by atoms with Crippen molar-refractivity contribution in [2.75, 3.05) is 6.61 Å². The molecule has 0 radical (unpaired) electrons. The largest absolute Gasteiger partial charge is 0.493 e. The molecule has 0 spiro atoms. The third-order valence-corrected chi connectivity index (χ3v) is 5.86. The molecule has 2 heterocycles. The van der Waals surface area contributed by atoms with Crippen molar-refractivity contribution in [3.8, 4) is 5.75 Å². The van der Waals surface area contributed by atoms with Crippen LogP contribution in [0.1, 0.15) is 41.3 Å². The van der Waals surface area contributed by atoms with Crippen molar-refractivity contribution in [2.45, 2.75) is 38.1 Å². The lowest BCUT2D eigenvalue weighted by atomic mass is 9.91. The molecule has 27 heavy (non-hydrogen) atoms. The van der Waals surface area contributed by atoms with E-state index in [1.165, 1.54) is 16.5 Å². The maximum atomic E-state index is 12.7. The minimum absolute atomic E-state index is 0.0260. The van der Waals surface area contributed by atoms with Crippen LogP contribution in [0.3, 0.4) is 0 Å². The average Bonchev–Trinajstić information content (AvgIpc) is 3.26. The maximum Gasteiger partial charge on any atom is 0.224 e. The van der Waals surface area contributed by atoms with Crippen LogP contribution in [0, 0.1) is 0 Å². The molecule has 1 aliphatic heterocycles. The van der Waals surface area contributed by atoms with Crippen LogP contribution in [0.5, 0.6) is 5.75 Å². The average molecular weight is 381 g/mol. The molecule has 1 atom stereocenters. The van der Waals surface area contributed by atoms with E-state index in [0.29, 0.717) is 6.42 Å². The molecule has 0 fully saturated rings. The number of hydrogen-bond acceptors (Lipinski definition) is 2. The summed E-state index contributed by atoms with van der Waals surface area (Å²) in [7, 11) is 0. The lowest BCUT2D eigenvalue weighted by Crippen LogP contribution is -2.32. The quantitative estimate of drug-likeness (QED) is 0.703. The Bertz CT molecular complexity index is 1040. The summed E-state index contributed by atoms with van der Waals surface area (Å²) in [6.45, 7) is 0.736. The van der Waals surface area contributed by atoms with E-state index in [1.807, 2.05) is 30.3 Å². The molecule has 1 unspecified atom stereocenters. The molecule has 3 aromatic rings. The zero-order valence-corrected chi connectivity index (χ0v) is 15.7. The number of nitrogens with one attached hydrogen (secondary N) is 2. The molecule has 2 aromatic carbocycles. The standard InChI is InChI=1S/C22H21ClN2O2/c23-15-6-7-18-17(12-15)16-2-1-3-19(22(16)25-18)24-21(26)11-13-4-5-14-8-9-27-20(14)10-13/h4-7,10,12,19,25H,1-3,8-9,11H2,(H,24,26). The fourth-order valence-corrected chi connectivity index (χ4v) is 4.50. The highest BCUT2D eigenvalue weighted by molar-refractivity contribution is 6.31. The Labute approximate surface area is 162 Å². The van der Waals surface area contributed by atoms with Crippen molar-refractivity contribution >= 4 is 28.4 Å². The van der Waals surface area contributed by atoms with Crippen LogP contribution in [0.2, 0.25) is 5.02 Å². The number of H-pyrrole nitrogens is 1. The molecule has 138 valence electrons. The summed E-state index contributed by atoms with van der Waals surface area (Å²) < 4.78 is 5.61. The highest BCUT2D eigenvalue weighted by Crippen LogP contribution is 2.36. The molecule has 1 aliphatic carbocycles. The minimum atomic E-state index is 0.0260. The van der Waals surface area contributed by atoms with Gasteiger partial charge < -0.3 is 15.0 Å². The second-order valence-electron chi connectivity index (χ2n) is 7.44. The summed E-state index contributed by atoms with van der Waals surface area (Å²) in [5.41, 5.74) is 5.72. The first kappa shape index (κ1) is 16.7. The number of carbonyl (C=O) groups is 1. The Morgan fingerprint density at radius 3 is 3.07 bits per heavy atom. The Morgan fingerprint density at radius 2 is 2.15 bits per heavy atom. The van der Waals surface area contributed by atoms with Crippen LogP contribution in [0.15, 0.2) is 36.4 Å². The van der Waals surface area contributed by atoms with Gasteiger partial charge in [0.25, 0.3) is 0 Å². The lowest BCUT2D eigenvalue weighted by Gasteiger charge is -2.24. The molecular formula is C22H21ClN2O2. The number of aromatic nitrogens is 1. The van der Waals surface area contributed by atoms with Crippen molar-refractivity contribution in [3.63, 3.8) is 0 Å². The second kappa shape index (κ2) is 6.61. The van der Waals surface area contributed by atoms with E-state index in [9.17, 15) is 4.79 Å². The first-order valence-electron chi connectivity index (χ1n) is 9.51. The summed E-state index contributed by atoms with van der Waals surface area (Å²) in [5.74, 6) is 0.968. The Kier molecular flexibility index (Phi) is 4.09. The van der Waals surface area contributed by atoms with Crippen LogP contribution >= 0.6 is 11.6 Å². The number of aryl methyl sites for hydroxylation is 1. The van der Waals surface area contributed by atoms with Gasteiger partial charge in [-0.15, -0.1) is 0 Å². The van der Waals surface area contributed by atoms with Crippen LogP contribution in [0.25, 0.3) is 10.9 Å². The maximum absolute atomic E-state index is 12.7. The first-order valence-corrected chi connectivity index (χ1v) is 9.89. The molecule has 0 bridgehead atoms. The first-order chi connectivity index (χ1) is 13.2. The molecule has 0 saturated heterocycles. The molecular weight excluding hydrogens is 360 g/mol. The van der Waals surface area contributed by atoms with E-state index in [1.54, 1.807) is 0 Å². The van der Waals surface area contributed by atoms with E-state index in [0.717, 1.165) is 59.8 Å². The van der Waals surface area contributed by atoms with Gasteiger partial charge in [0.2, 0.25) is 5.91 Å².